The molecular weight excluding hydrogens is 297 g/mol. The molecule has 0 radical (unpaired) electrons. The molecule has 0 bridgehead atoms. The Labute approximate surface area is 117 Å². The van der Waals surface area contributed by atoms with Gasteiger partial charge in [0.2, 0.25) is 0 Å². The van der Waals surface area contributed by atoms with E-state index in [0.29, 0.717) is 17.9 Å². The zero-order valence-corrected chi connectivity index (χ0v) is 11.2. The molecule has 0 atom stereocenters. The van der Waals surface area contributed by atoms with E-state index in [9.17, 15) is 13.2 Å². The number of alkyl halides is 3. The first-order valence-electron chi connectivity index (χ1n) is 5.30. The standard InChI is InChI=1S/C12H10ClF3N2S/c13-8-3-7(12(14,15)16)4-9(5-8)18-6-11-10(17)1-2-19-11/h1-5,18H,6,17H2. The lowest BCUT2D eigenvalue weighted by molar-refractivity contribution is -0.137. The zero-order chi connectivity index (χ0) is 14.0. The summed E-state index contributed by atoms with van der Waals surface area (Å²) in [6.45, 7) is 0.362. The predicted octanol–water partition coefficient (Wildman–Crippen LogP) is 4.61. The Hall–Kier alpha value is -1.40. The van der Waals surface area contributed by atoms with E-state index in [1.807, 2.05) is 5.38 Å². The smallest absolute Gasteiger partial charge is 0.398 e. The number of hydrogen-bond donors (Lipinski definition) is 2. The first kappa shape index (κ1) is 14.0. The molecule has 7 heteroatoms. The molecule has 0 saturated heterocycles. The fourth-order valence-corrected chi connectivity index (χ4v) is 2.51. The van der Waals surface area contributed by atoms with Crippen molar-refractivity contribution in [1.29, 1.82) is 0 Å². The molecule has 1 aromatic carbocycles. The van der Waals surface area contributed by atoms with E-state index in [1.54, 1.807) is 6.07 Å². The summed E-state index contributed by atoms with van der Waals surface area (Å²) in [5.74, 6) is 0. The lowest BCUT2D eigenvalue weighted by Crippen LogP contribution is -2.07. The highest BCUT2D eigenvalue weighted by molar-refractivity contribution is 7.10. The molecule has 3 N–H and O–H groups in total. The summed E-state index contributed by atoms with van der Waals surface area (Å²) in [5.41, 5.74) is 5.86. The van der Waals surface area contributed by atoms with Crippen molar-refractivity contribution in [1.82, 2.24) is 0 Å². The summed E-state index contributed by atoms with van der Waals surface area (Å²) in [7, 11) is 0. The maximum atomic E-state index is 12.6. The van der Waals surface area contributed by atoms with Gasteiger partial charge in [-0.3, -0.25) is 0 Å². The summed E-state index contributed by atoms with van der Waals surface area (Å²) in [4.78, 5) is 0.869. The van der Waals surface area contributed by atoms with E-state index in [2.05, 4.69) is 5.32 Å². The van der Waals surface area contributed by atoms with Gasteiger partial charge >= 0.3 is 6.18 Å². The van der Waals surface area contributed by atoms with Crippen molar-refractivity contribution in [3.8, 4) is 0 Å². The van der Waals surface area contributed by atoms with Gasteiger partial charge in [-0.25, -0.2) is 0 Å². The van der Waals surface area contributed by atoms with Gasteiger partial charge in [0, 0.05) is 21.3 Å². The van der Waals surface area contributed by atoms with Crippen LogP contribution >= 0.6 is 22.9 Å². The van der Waals surface area contributed by atoms with Crippen LogP contribution in [-0.4, -0.2) is 0 Å². The Balaban J connectivity index is 2.17. The van der Waals surface area contributed by atoms with E-state index in [0.717, 1.165) is 17.0 Å². The fourth-order valence-electron chi connectivity index (χ4n) is 1.53. The number of nitrogens with one attached hydrogen (secondary N) is 1. The number of benzene rings is 1. The highest BCUT2D eigenvalue weighted by Gasteiger charge is 2.31. The maximum Gasteiger partial charge on any atom is 0.416 e. The topological polar surface area (TPSA) is 38.0 Å². The highest BCUT2D eigenvalue weighted by atomic mass is 35.5. The molecule has 0 spiro atoms. The Morgan fingerprint density at radius 1 is 1.26 bits per heavy atom. The average Bonchev–Trinajstić information content (AvgIpc) is 2.70. The SMILES string of the molecule is Nc1ccsc1CNc1cc(Cl)cc(C(F)(F)F)c1. The number of halogens is 4. The van der Waals surface area contributed by atoms with Crippen LogP contribution in [0.2, 0.25) is 5.02 Å². The molecule has 2 aromatic rings. The lowest BCUT2D eigenvalue weighted by Gasteiger charge is -2.11. The van der Waals surface area contributed by atoms with Gasteiger partial charge in [0.05, 0.1) is 12.1 Å². The second-order valence-electron chi connectivity index (χ2n) is 3.88. The number of rotatable bonds is 3. The molecule has 0 saturated carbocycles. The number of nitrogens with two attached hydrogens (primary N) is 1. The van der Waals surface area contributed by atoms with Gasteiger partial charge in [-0.2, -0.15) is 13.2 Å². The van der Waals surface area contributed by atoms with Crippen molar-refractivity contribution in [2.24, 2.45) is 0 Å². The van der Waals surface area contributed by atoms with Gasteiger partial charge in [-0.1, -0.05) is 11.6 Å². The van der Waals surface area contributed by atoms with E-state index in [4.69, 9.17) is 17.3 Å². The molecule has 0 aliphatic carbocycles. The van der Waals surface area contributed by atoms with Crippen LogP contribution < -0.4 is 11.1 Å². The lowest BCUT2D eigenvalue weighted by atomic mass is 10.2. The largest absolute Gasteiger partial charge is 0.416 e. The molecule has 1 aromatic heterocycles. The van der Waals surface area contributed by atoms with Crippen LogP contribution in [0.1, 0.15) is 10.4 Å². The third-order valence-corrected chi connectivity index (χ3v) is 3.61. The Kier molecular flexibility index (Phi) is 3.91. The number of hydrogen-bond acceptors (Lipinski definition) is 3. The van der Waals surface area contributed by atoms with E-state index in [1.165, 1.54) is 17.4 Å². The van der Waals surface area contributed by atoms with Crippen LogP contribution in [0.4, 0.5) is 24.5 Å². The second kappa shape index (κ2) is 5.30. The third kappa shape index (κ3) is 3.54. The molecular formula is C12H10ClF3N2S. The fraction of sp³-hybridized carbons (Fsp3) is 0.167. The molecule has 0 aliphatic heterocycles. The molecule has 2 rings (SSSR count). The van der Waals surface area contributed by atoms with E-state index >= 15 is 0 Å². The minimum Gasteiger partial charge on any atom is -0.398 e. The Morgan fingerprint density at radius 3 is 2.58 bits per heavy atom. The summed E-state index contributed by atoms with van der Waals surface area (Å²) in [6, 6.07) is 5.11. The van der Waals surface area contributed by atoms with Gasteiger partial charge in [-0.15, -0.1) is 11.3 Å². The first-order valence-corrected chi connectivity index (χ1v) is 6.55. The molecule has 0 fully saturated rings. The Bertz CT molecular complexity index is 581. The van der Waals surface area contributed by atoms with Gasteiger partial charge < -0.3 is 11.1 Å². The van der Waals surface area contributed by atoms with Crippen molar-refractivity contribution < 1.29 is 13.2 Å². The van der Waals surface area contributed by atoms with Gasteiger partial charge in [0.25, 0.3) is 0 Å². The van der Waals surface area contributed by atoms with Crippen molar-refractivity contribution in [2.75, 3.05) is 11.1 Å². The highest BCUT2D eigenvalue weighted by Crippen LogP contribution is 2.33. The monoisotopic (exact) mass is 306 g/mol. The zero-order valence-electron chi connectivity index (χ0n) is 9.59. The van der Waals surface area contributed by atoms with Gasteiger partial charge in [-0.05, 0) is 29.6 Å². The van der Waals surface area contributed by atoms with Crippen LogP contribution in [-0.2, 0) is 12.7 Å². The van der Waals surface area contributed by atoms with Crippen molar-refractivity contribution in [3.05, 3.63) is 45.1 Å². The second-order valence-corrected chi connectivity index (χ2v) is 5.32. The molecule has 1 heterocycles. The van der Waals surface area contributed by atoms with Crippen LogP contribution in [0, 0.1) is 0 Å². The number of nitrogen functional groups attached to an aromatic ring is 1. The molecule has 0 amide bonds. The summed E-state index contributed by atoms with van der Waals surface area (Å²) in [5, 5.41) is 4.75. The minimum atomic E-state index is -4.41. The van der Waals surface area contributed by atoms with Crippen molar-refractivity contribution >= 4 is 34.3 Å². The molecule has 0 aliphatic rings. The Morgan fingerprint density at radius 2 is 2.00 bits per heavy atom. The third-order valence-electron chi connectivity index (χ3n) is 2.46. The minimum absolute atomic E-state index is 0.0384. The normalized spacial score (nSPS) is 11.6. The molecule has 19 heavy (non-hydrogen) atoms. The molecule has 2 nitrogen and oxygen atoms in total. The van der Waals surface area contributed by atoms with Crippen LogP contribution in [0.15, 0.2) is 29.6 Å². The van der Waals surface area contributed by atoms with Crippen LogP contribution in [0.5, 0.6) is 0 Å². The van der Waals surface area contributed by atoms with Gasteiger partial charge in [0.15, 0.2) is 0 Å². The van der Waals surface area contributed by atoms with Crippen LogP contribution in [0.3, 0.4) is 0 Å². The van der Waals surface area contributed by atoms with Gasteiger partial charge in [0.1, 0.15) is 0 Å². The van der Waals surface area contributed by atoms with Crippen LogP contribution in [0.25, 0.3) is 0 Å². The van der Waals surface area contributed by atoms with E-state index in [-0.39, 0.29) is 5.02 Å². The number of anilines is 2. The first-order chi connectivity index (χ1) is 8.86. The number of thiophene rings is 1. The molecule has 102 valence electrons. The quantitative estimate of drug-likeness (QED) is 0.868. The van der Waals surface area contributed by atoms with Crippen molar-refractivity contribution in [3.63, 3.8) is 0 Å². The van der Waals surface area contributed by atoms with Crippen molar-refractivity contribution in [2.45, 2.75) is 12.7 Å². The summed E-state index contributed by atoms with van der Waals surface area (Å²) in [6.07, 6.45) is -4.41. The predicted molar refractivity (Wildman–Crippen MR) is 72.5 cm³/mol. The van der Waals surface area contributed by atoms with E-state index < -0.39 is 11.7 Å². The summed E-state index contributed by atoms with van der Waals surface area (Å²) >= 11 is 7.13. The molecule has 0 unspecified atom stereocenters. The summed E-state index contributed by atoms with van der Waals surface area (Å²) < 4.78 is 37.9. The average molecular weight is 307 g/mol. The maximum absolute atomic E-state index is 12.6.